The first-order chi connectivity index (χ1) is 7.56. The number of hydrogen-bond donors (Lipinski definition) is 0. The Balaban J connectivity index is 2.21. The van der Waals surface area contributed by atoms with Gasteiger partial charge in [0.05, 0.1) is 9.52 Å². The Morgan fingerprint density at radius 3 is 1.75 bits per heavy atom. The highest BCUT2D eigenvalue weighted by Crippen LogP contribution is 2.26. The summed E-state index contributed by atoms with van der Waals surface area (Å²) in [6.45, 7) is 8.85. The Morgan fingerprint density at radius 2 is 1.25 bits per heavy atom. The Labute approximate surface area is 101 Å². The topological polar surface area (TPSA) is 0 Å². The molecule has 0 fully saturated rings. The lowest BCUT2D eigenvalue weighted by atomic mass is 10.2. The summed E-state index contributed by atoms with van der Waals surface area (Å²) in [5, 5.41) is 1.56. The van der Waals surface area contributed by atoms with Crippen molar-refractivity contribution in [3.63, 3.8) is 0 Å². The molecule has 0 atom stereocenters. The Hall–Kier alpha value is -1.08. The van der Waals surface area contributed by atoms with Gasteiger partial charge >= 0.3 is 0 Å². The zero-order valence-corrected chi connectivity index (χ0v) is 12.0. The second kappa shape index (κ2) is 4.42. The molecule has 0 saturated heterocycles. The number of allylic oxidation sites excluding steroid dienone is 4. The van der Waals surface area contributed by atoms with Crippen molar-refractivity contribution in [1.29, 1.82) is 0 Å². The van der Waals surface area contributed by atoms with Crippen LogP contribution in [0, 0.1) is 19.4 Å². The van der Waals surface area contributed by atoms with E-state index in [2.05, 4.69) is 58.0 Å². The lowest BCUT2D eigenvalue weighted by Crippen LogP contribution is -2.23. The van der Waals surface area contributed by atoms with Crippen LogP contribution in [0.3, 0.4) is 0 Å². The maximum absolute atomic E-state index is 2.35. The number of benzene rings is 1. The largest absolute Gasteiger partial charge is 0.0720 e. The van der Waals surface area contributed by atoms with Gasteiger partial charge in [-0.1, -0.05) is 57.8 Å². The molecule has 1 aliphatic rings. The molecule has 0 nitrogen and oxygen atoms in total. The van der Waals surface area contributed by atoms with Crippen LogP contribution in [-0.2, 0) is 0 Å². The average Bonchev–Trinajstić information content (AvgIpc) is 2.48. The van der Waals surface area contributed by atoms with Crippen LogP contribution in [0.25, 0.3) is 0 Å². The molecule has 1 aromatic rings. The number of hydrogen-bond acceptors (Lipinski definition) is 0. The number of aryl methyl sites for hydroxylation is 2. The third kappa shape index (κ3) is 2.35. The standard InChI is InChI=1S/C15H19Si/c1-10-7-11(2)9-14(8-10)16-15-12(3)5-6-13(15)4/h5-9H,16H2,1-4H3. The molecule has 1 heteroatoms. The Kier molecular flexibility index (Phi) is 3.15. The van der Waals surface area contributed by atoms with E-state index in [0.29, 0.717) is 0 Å². The summed E-state index contributed by atoms with van der Waals surface area (Å²) in [5.74, 6) is 0. The highest BCUT2D eigenvalue weighted by molar-refractivity contribution is 6.61. The summed E-state index contributed by atoms with van der Waals surface area (Å²) in [5.41, 5.74) is 7.37. The SMILES string of the molecule is CC1=CC=C(C)[C]1[SiH2]c1cc(C)cc(C)c1. The molecule has 0 N–H and O–H groups in total. The van der Waals surface area contributed by atoms with E-state index in [0.717, 1.165) is 0 Å². The summed E-state index contributed by atoms with van der Waals surface area (Å²) in [6.07, 6.45) is 4.50. The van der Waals surface area contributed by atoms with Gasteiger partial charge in [-0.25, -0.2) is 0 Å². The Bertz CT molecular complexity index is 428. The fourth-order valence-electron chi connectivity index (χ4n) is 2.42. The first-order valence-corrected chi connectivity index (χ1v) is 7.26. The van der Waals surface area contributed by atoms with Gasteiger partial charge in [0.2, 0.25) is 0 Å². The molecule has 0 heterocycles. The molecule has 0 bridgehead atoms. The molecule has 16 heavy (non-hydrogen) atoms. The monoisotopic (exact) mass is 227 g/mol. The van der Waals surface area contributed by atoms with Crippen molar-refractivity contribution >= 4 is 14.7 Å². The zero-order chi connectivity index (χ0) is 11.7. The van der Waals surface area contributed by atoms with E-state index in [4.69, 9.17) is 0 Å². The molecule has 1 aliphatic carbocycles. The molecule has 0 unspecified atom stereocenters. The predicted octanol–water partition coefficient (Wildman–Crippen LogP) is 2.54. The van der Waals surface area contributed by atoms with E-state index in [1.165, 1.54) is 22.3 Å². The molecule has 83 valence electrons. The van der Waals surface area contributed by atoms with Crippen LogP contribution >= 0.6 is 0 Å². The van der Waals surface area contributed by atoms with Crippen LogP contribution in [-0.4, -0.2) is 9.52 Å². The first-order valence-electron chi connectivity index (χ1n) is 5.85. The van der Waals surface area contributed by atoms with E-state index < -0.39 is 0 Å². The van der Waals surface area contributed by atoms with Crippen molar-refractivity contribution in [2.45, 2.75) is 27.7 Å². The minimum atomic E-state index is -0.293. The van der Waals surface area contributed by atoms with Gasteiger partial charge in [-0.15, -0.1) is 0 Å². The van der Waals surface area contributed by atoms with E-state index in [1.54, 1.807) is 10.7 Å². The van der Waals surface area contributed by atoms with Gasteiger partial charge in [0, 0.05) is 5.54 Å². The second-order valence-corrected chi connectivity index (χ2v) is 6.73. The van der Waals surface area contributed by atoms with Crippen LogP contribution in [0.1, 0.15) is 25.0 Å². The first kappa shape index (κ1) is 11.4. The van der Waals surface area contributed by atoms with E-state index in [1.807, 2.05) is 0 Å². The van der Waals surface area contributed by atoms with Gasteiger partial charge in [-0.2, -0.15) is 0 Å². The summed E-state index contributed by atoms with van der Waals surface area (Å²) in [6, 6.07) is 6.96. The number of rotatable bonds is 2. The summed E-state index contributed by atoms with van der Waals surface area (Å²) < 4.78 is 0. The third-order valence-electron chi connectivity index (χ3n) is 3.20. The molecule has 0 aromatic heterocycles. The van der Waals surface area contributed by atoms with Crippen molar-refractivity contribution in [2.24, 2.45) is 0 Å². The fraction of sp³-hybridized carbons (Fsp3) is 0.267. The maximum Gasteiger partial charge on any atom is 0.0720 e. The lowest BCUT2D eigenvalue weighted by molar-refractivity contribution is 1.31. The van der Waals surface area contributed by atoms with Crippen molar-refractivity contribution in [3.8, 4) is 0 Å². The van der Waals surface area contributed by atoms with Crippen LogP contribution in [0.5, 0.6) is 0 Å². The van der Waals surface area contributed by atoms with E-state index in [-0.39, 0.29) is 9.52 Å². The molecule has 1 radical (unpaired) electrons. The van der Waals surface area contributed by atoms with Gasteiger partial charge in [-0.05, 0) is 27.7 Å². The van der Waals surface area contributed by atoms with Gasteiger partial charge in [-0.3, -0.25) is 0 Å². The van der Waals surface area contributed by atoms with Crippen LogP contribution in [0.2, 0.25) is 0 Å². The highest BCUT2D eigenvalue weighted by Gasteiger charge is 2.18. The minimum Gasteiger partial charge on any atom is -0.0652 e. The minimum absolute atomic E-state index is 0.293. The molecular formula is C15H19Si. The van der Waals surface area contributed by atoms with Crippen LogP contribution < -0.4 is 5.19 Å². The Morgan fingerprint density at radius 1 is 0.750 bits per heavy atom. The predicted molar refractivity (Wildman–Crippen MR) is 74.9 cm³/mol. The summed E-state index contributed by atoms with van der Waals surface area (Å²) in [4.78, 5) is 0. The molecule has 1 aromatic carbocycles. The average molecular weight is 227 g/mol. The summed E-state index contributed by atoms with van der Waals surface area (Å²) in [7, 11) is -0.293. The van der Waals surface area contributed by atoms with E-state index in [9.17, 15) is 0 Å². The van der Waals surface area contributed by atoms with Crippen molar-refractivity contribution in [3.05, 3.63) is 58.2 Å². The quantitative estimate of drug-likeness (QED) is 0.681. The van der Waals surface area contributed by atoms with Crippen LogP contribution in [0.15, 0.2) is 41.5 Å². The molecular weight excluding hydrogens is 208 g/mol. The second-order valence-electron chi connectivity index (χ2n) is 4.85. The molecule has 0 aliphatic heterocycles. The van der Waals surface area contributed by atoms with Crippen molar-refractivity contribution in [2.75, 3.05) is 0 Å². The van der Waals surface area contributed by atoms with Crippen molar-refractivity contribution in [1.82, 2.24) is 0 Å². The fourth-order valence-corrected chi connectivity index (χ4v) is 4.47. The maximum atomic E-state index is 2.35. The molecule has 0 amide bonds. The smallest absolute Gasteiger partial charge is 0.0652 e. The molecule has 0 spiro atoms. The lowest BCUT2D eigenvalue weighted by Gasteiger charge is -2.14. The van der Waals surface area contributed by atoms with Gasteiger partial charge in [0.25, 0.3) is 0 Å². The van der Waals surface area contributed by atoms with Gasteiger partial charge in [0.1, 0.15) is 0 Å². The highest BCUT2D eigenvalue weighted by atomic mass is 28.2. The molecule has 0 saturated carbocycles. The van der Waals surface area contributed by atoms with E-state index >= 15 is 0 Å². The third-order valence-corrected chi connectivity index (χ3v) is 5.48. The van der Waals surface area contributed by atoms with Gasteiger partial charge in [0.15, 0.2) is 0 Å². The van der Waals surface area contributed by atoms with Crippen molar-refractivity contribution < 1.29 is 0 Å². The zero-order valence-electron chi connectivity index (χ0n) is 10.6. The van der Waals surface area contributed by atoms with Gasteiger partial charge < -0.3 is 0 Å². The molecule has 2 rings (SSSR count). The normalized spacial score (nSPS) is 17.0. The summed E-state index contributed by atoms with van der Waals surface area (Å²) >= 11 is 0. The van der Waals surface area contributed by atoms with Crippen LogP contribution in [0.4, 0.5) is 0 Å².